The molecule has 1 aromatic carbocycles. The molecule has 0 saturated carbocycles. The van der Waals surface area contributed by atoms with Gasteiger partial charge in [-0.2, -0.15) is 0 Å². The number of hydrogen-bond acceptors (Lipinski definition) is 5. The summed E-state index contributed by atoms with van der Waals surface area (Å²) in [5.41, 5.74) is 2.07. The Morgan fingerprint density at radius 1 is 1.08 bits per heavy atom. The number of aromatic amines is 1. The molecule has 3 heterocycles. The van der Waals surface area contributed by atoms with Gasteiger partial charge in [0.05, 0.1) is 11.0 Å². The molecule has 1 fully saturated rings. The highest BCUT2D eigenvalue weighted by atomic mass is 15.3. The zero-order chi connectivity index (χ0) is 17.1. The van der Waals surface area contributed by atoms with E-state index in [0.29, 0.717) is 6.04 Å². The lowest BCUT2D eigenvalue weighted by molar-refractivity contribution is 0.250. The van der Waals surface area contributed by atoms with Gasteiger partial charge < -0.3 is 15.2 Å². The maximum absolute atomic E-state index is 4.60. The highest BCUT2D eigenvalue weighted by Crippen LogP contribution is 2.15. The summed E-state index contributed by atoms with van der Waals surface area (Å²) in [7, 11) is 0. The second-order valence-electron chi connectivity index (χ2n) is 6.62. The summed E-state index contributed by atoms with van der Waals surface area (Å²) >= 11 is 0. The average Bonchev–Trinajstić information content (AvgIpc) is 3.05. The van der Waals surface area contributed by atoms with E-state index in [4.69, 9.17) is 0 Å². The van der Waals surface area contributed by atoms with Gasteiger partial charge in [0, 0.05) is 45.0 Å². The lowest BCUT2D eigenvalue weighted by atomic mass is 10.2. The van der Waals surface area contributed by atoms with Gasteiger partial charge in [0.25, 0.3) is 0 Å². The Bertz CT molecular complexity index is 774. The predicted molar refractivity (Wildman–Crippen MR) is 102 cm³/mol. The fraction of sp³-hybridized carbons (Fsp3) is 0.368. The average molecular weight is 336 g/mol. The third-order valence-corrected chi connectivity index (χ3v) is 4.65. The molecule has 0 radical (unpaired) electrons. The van der Waals surface area contributed by atoms with Crippen molar-refractivity contribution in [2.45, 2.75) is 13.0 Å². The molecule has 6 heteroatoms. The number of benzene rings is 1. The van der Waals surface area contributed by atoms with Gasteiger partial charge in [-0.25, -0.2) is 9.97 Å². The molecule has 6 nitrogen and oxygen atoms in total. The Hall–Kier alpha value is -2.60. The summed E-state index contributed by atoms with van der Waals surface area (Å²) in [4.78, 5) is 17.2. The number of anilines is 2. The molecule has 0 amide bonds. The van der Waals surface area contributed by atoms with Crippen molar-refractivity contribution in [3.63, 3.8) is 0 Å². The van der Waals surface area contributed by atoms with E-state index in [9.17, 15) is 0 Å². The molecule has 1 unspecified atom stereocenters. The monoisotopic (exact) mass is 336 g/mol. The quantitative estimate of drug-likeness (QED) is 0.750. The molecular formula is C19H24N6. The van der Waals surface area contributed by atoms with Crippen molar-refractivity contribution >= 4 is 22.8 Å². The van der Waals surface area contributed by atoms with Crippen molar-refractivity contribution in [2.75, 3.05) is 42.9 Å². The molecule has 0 spiro atoms. The van der Waals surface area contributed by atoms with E-state index < -0.39 is 0 Å². The summed E-state index contributed by atoms with van der Waals surface area (Å²) in [6.07, 6.45) is 1.86. The highest BCUT2D eigenvalue weighted by molar-refractivity contribution is 5.77. The Balaban J connectivity index is 1.29. The van der Waals surface area contributed by atoms with Crippen molar-refractivity contribution in [2.24, 2.45) is 0 Å². The minimum Gasteiger partial charge on any atom is -0.354 e. The van der Waals surface area contributed by atoms with Gasteiger partial charge in [0.15, 0.2) is 0 Å². The predicted octanol–water partition coefficient (Wildman–Crippen LogP) is 2.58. The second-order valence-corrected chi connectivity index (χ2v) is 6.62. The van der Waals surface area contributed by atoms with Gasteiger partial charge in [-0.1, -0.05) is 18.2 Å². The number of H-pyrrole nitrogens is 1. The summed E-state index contributed by atoms with van der Waals surface area (Å²) in [6.45, 7) is 7.37. The number of nitrogens with one attached hydrogen (secondary N) is 2. The first-order valence-electron chi connectivity index (χ1n) is 8.87. The summed E-state index contributed by atoms with van der Waals surface area (Å²) in [5, 5.41) is 3.49. The molecule has 1 aliphatic heterocycles. The van der Waals surface area contributed by atoms with Crippen LogP contribution < -0.4 is 10.2 Å². The fourth-order valence-electron chi connectivity index (χ4n) is 3.39. The van der Waals surface area contributed by atoms with Gasteiger partial charge in [-0.05, 0) is 31.2 Å². The molecular weight excluding hydrogens is 312 g/mol. The molecule has 0 bridgehead atoms. The Morgan fingerprint density at radius 2 is 1.88 bits per heavy atom. The van der Waals surface area contributed by atoms with Crippen LogP contribution >= 0.6 is 0 Å². The first kappa shape index (κ1) is 15.9. The maximum Gasteiger partial charge on any atom is 0.201 e. The topological polar surface area (TPSA) is 60.1 Å². The van der Waals surface area contributed by atoms with Crippen LogP contribution in [-0.2, 0) is 0 Å². The van der Waals surface area contributed by atoms with Gasteiger partial charge in [0.1, 0.15) is 5.82 Å². The SMILES string of the molecule is CC(CN1CCN(c2ccccn2)CC1)Nc1nc2ccccc2[nH]1. The van der Waals surface area contributed by atoms with E-state index in [1.807, 2.05) is 36.5 Å². The van der Waals surface area contributed by atoms with Gasteiger partial charge in [0.2, 0.25) is 5.95 Å². The van der Waals surface area contributed by atoms with E-state index in [2.05, 4.69) is 49.1 Å². The largest absolute Gasteiger partial charge is 0.354 e. The lowest BCUT2D eigenvalue weighted by Gasteiger charge is -2.36. The molecule has 2 N–H and O–H groups in total. The summed E-state index contributed by atoms with van der Waals surface area (Å²) in [5.74, 6) is 1.93. The van der Waals surface area contributed by atoms with Crippen LogP contribution in [0.1, 0.15) is 6.92 Å². The normalized spacial score (nSPS) is 16.9. The molecule has 1 aliphatic rings. The van der Waals surface area contributed by atoms with Crippen molar-refractivity contribution in [3.8, 4) is 0 Å². The van der Waals surface area contributed by atoms with E-state index in [-0.39, 0.29) is 0 Å². The Kier molecular flexibility index (Phi) is 4.52. The van der Waals surface area contributed by atoms with Crippen molar-refractivity contribution < 1.29 is 0 Å². The van der Waals surface area contributed by atoms with Crippen LogP contribution in [0.25, 0.3) is 11.0 Å². The first-order valence-corrected chi connectivity index (χ1v) is 8.87. The molecule has 130 valence electrons. The zero-order valence-electron chi connectivity index (χ0n) is 14.5. The Labute approximate surface area is 147 Å². The lowest BCUT2D eigenvalue weighted by Crippen LogP contribution is -2.49. The van der Waals surface area contributed by atoms with Crippen molar-refractivity contribution in [3.05, 3.63) is 48.7 Å². The summed E-state index contributed by atoms with van der Waals surface area (Å²) < 4.78 is 0. The molecule has 25 heavy (non-hydrogen) atoms. The molecule has 3 aromatic rings. The van der Waals surface area contributed by atoms with Crippen molar-refractivity contribution in [1.82, 2.24) is 19.9 Å². The number of rotatable bonds is 5. The minimum absolute atomic E-state index is 0.335. The third kappa shape index (κ3) is 3.74. The number of nitrogens with zero attached hydrogens (tertiary/aromatic N) is 4. The van der Waals surface area contributed by atoms with Crippen LogP contribution in [0.5, 0.6) is 0 Å². The maximum atomic E-state index is 4.60. The first-order chi connectivity index (χ1) is 12.3. The fourth-order valence-corrected chi connectivity index (χ4v) is 3.39. The van der Waals surface area contributed by atoms with Crippen LogP contribution in [0, 0.1) is 0 Å². The number of imidazole rings is 1. The zero-order valence-corrected chi connectivity index (χ0v) is 14.5. The molecule has 2 aromatic heterocycles. The van der Waals surface area contributed by atoms with Gasteiger partial charge in [-0.15, -0.1) is 0 Å². The minimum atomic E-state index is 0.335. The number of hydrogen-bond donors (Lipinski definition) is 2. The van der Waals surface area contributed by atoms with E-state index in [1.165, 1.54) is 0 Å². The standard InChI is InChI=1S/C19H24N6/c1-15(21-19-22-16-6-2-3-7-17(16)23-19)14-24-10-12-25(13-11-24)18-8-4-5-9-20-18/h2-9,15H,10-14H2,1H3,(H2,21,22,23). The number of para-hydroxylation sites is 2. The van der Waals surface area contributed by atoms with Crippen LogP contribution in [0.3, 0.4) is 0 Å². The van der Waals surface area contributed by atoms with Crippen LogP contribution in [-0.4, -0.2) is 58.6 Å². The van der Waals surface area contributed by atoms with E-state index in [1.54, 1.807) is 0 Å². The third-order valence-electron chi connectivity index (χ3n) is 4.65. The van der Waals surface area contributed by atoms with Gasteiger partial charge in [-0.3, -0.25) is 4.90 Å². The van der Waals surface area contributed by atoms with Gasteiger partial charge >= 0.3 is 0 Å². The van der Waals surface area contributed by atoms with E-state index in [0.717, 1.165) is 55.5 Å². The molecule has 0 aliphatic carbocycles. The van der Waals surface area contributed by atoms with Crippen LogP contribution in [0.2, 0.25) is 0 Å². The Morgan fingerprint density at radius 3 is 2.64 bits per heavy atom. The van der Waals surface area contributed by atoms with Crippen LogP contribution in [0.4, 0.5) is 11.8 Å². The molecule has 1 atom stereocenters. The molecule has 1 saturated heterocycles. The number of pyridine rings is 1. The number of aromatic nitrogens is 3. The second kappa shape index (κ2) is 7.11. The molecule has 4 rings (SSSR count). The van der Waals surface area contributed by atoms with Crippen LogP contribution in [0.15, 0.2) is 48.7 Å². The van der Waals surface area contributed by atoms with E-state index >= 15 is 0 Å². The summed E-state index contributed by atoms with van der Waals surface area (Å²) in [6, 6.07) is 14.5. The number of piperazine rings is 1. The van der Waals surface area contributed by atoms with Crippen molar-refractivity contribution in [1.29, 1.82) is 0 Å². The highest BCUT2D eigenvalue weighted by Gasteiger charge is 2.19. The number of fused-ring (bicyclic) bond motifs is 1. The smallest absolute Gasteiger partial charge is 0.201 e.